The van der Waals surface area contributed by atoms with Crippen LogP contribution in [0.4, 0.5) is 18.9 Å². The highest BCUT2D eigenvalue weighted by Gasteiger charge is 2.36. The molecule has 0 saturated heterocycles. The Kier molecular flexibility index (Phi) is 5.77. The van der Waals surface area contributed by atoms with Crippen LogP contribution in [0.3, 0.4) is 0 Å². The van der Waals surface area contributed by atoms with Crippen LogP contribution in [-0.2, 0) is 10.8 Å². The molecular weight excluding hydrogens is 339 g/mol. The van der Waals surface area contributed by atoms with Crippen molar-refractivity contribution in [3.05, 3.63) is 54.1 Å². The summed E-state index contributed by atoms with van der Waals surface area (Å²) in [6.45, 7) is 1.85. The second-order valence-electron chi connectivity index (χ2n) is 5.06. The number of nitrogens with zero attached hydrogens (tertiary/aromatic N) is 1. The van der Waals surface area contributed by atoms with Crippen molar-refractivity contribution in [2.24, 2.45) is 4.99 Å². The lowest BCUT2D eigenvalue weighted by molar-refractivity contribution is -0.0589. The minimum Gasteiger partial charge on any atom is -0.497 e. The smallest absolute Gasteiger partial charge is 0.430 e. The number of halogens is 3. The molecule has 24 heavy (non-hydrogen) atoms. The molecule has 2 aromatic carbocycles. The van der Waals surface area contributed by atoms with Crippen LogP contribution in [0.5, 0.6) is 5.75 Å². The van der Waals surface area contributed by atoms with Crippen molar-refractivity contribution in [1.29, 1.82) is 0 Å². The van der Waals surface area contributed by atoms with Gasteiger partial charge in [-0.15, -0.1) is 0 Å². The fourth-order valence-electron chi connectivity index (χ4n) is 1.91. The lowest BCUT2D eigenvalue weighted by atomic mass is 10.2. The van der Waals surface area contributed by atoms with E-state index in [0.717, 1.165) is 5.56 Å². The molecule has 7 heteroatoms. The molecule has 0 heterocycles. The van der Waals surface area contributed by atoms with E-state index in [-0.39, 0.29) is 5.69 Å². The van der Waals surface area contributed by atoms with Crippen molar-refractivity contribution in [2.75, 3.05) is 12.9 Å². The molecule has 0 spiro atoms. The number of methoxy groups -OCH3 is 1. The number of aryl methyl sites for hydroxylation is 1. The molecule has 128 valence electrons. The number of hydrogen-bond donors (Lipinski definition) is 0. The Bertz CT molecular complexity index is 755. The van der Waals surface area contributed by atoms with Gasteiger partial charge < -0.3 is 4.74 Å². The standard InChI is InChI=1S/C17H16F3NO2S/c1-12-6-8-15(9-7-12)24(22)11-16(17(18,19)20)21-13-4-3-5-14(10-13)23-2/h3-10H,11H2,1-2H3. The summed E-state index contributed by atoms with van der Waals surface area (Å²) in [7, 11) is -0.414. The van der Waals surface area contributed by atoms with Crippen LogP contribution in [0.15, 0.2) is 58.4 Å². The minimum atomic E-state index is -4.66. The van der Waals surface area contributed by atoms with Gasteiger partial charge in [0.15, 0.2) is 0 Å². The van der Waals surface area contributed by atoms with Crippen LogP contribution in [0.2, 0.25) is 0 Å². The molecule has 0 aliphatic carbocycles. The predicted octanol–water partition coefficient (Wildman–Crippen LogP) is 4.45. The molecule has 0 aliphatic heterocycles. The van der Waals surface area contributed by atoms with E-state index in [0.29, 0.717) is 10.6 Å². The van der Waals surface area contributed by atoms with Crippen molar-refractivity contribution in [2.45, 2.75) is 18.0 Å². The third-order valence-corrected chi connectivity index (χ3v) is 4.53. The van der Waals surface area contributed by atoms with E-state index in [9.17, 15) is 17.4 Å². The zero-order chi connectivity index (χ0) is 17.7. The zero-order valence-electron chi connectivity index (χ0n) is 13.1. The molecule has 0 saturated carbocycles. The molecule has 0 fully saturated rings. The number of alkyl halides is 3. The van der Waals surface area contributed by atoms with E-state index in [1.54, 1.807) is 36.4 Å². The fraction of sp³-hybridized carbons (Fsp3) is 0.235. The van der Waals surface area contributed by atoms with Gasteiger partial charge in [-0.3, -0.25) is 4.21 Å². The summed E-state index contributed by atoms with van der Waals surface area (Å²) < 4.78 is 56.9. The Morgan fingerprint density at radius 3 is 2.42 bits per heavy atom. The summed E-state index contributed by atoms with van der Waals surface area (Å²) >= 11 is 0. The van der Waals surface area contributed by atoms with E-state index >= 15 is 0 Å². The van der Waals surface area contributed by atoms with Gasteiger partial charge >= 0.3 is 6.18 Å². The zero-order valence-corrected chi connectivity index (χ0v) is 13.9. The molecule has 0 bridgehead atoms. The molecule has 2 aromatic rings. The molecule has 1 atom stereocenters. The third-order valence-electron chi connectivity index (χ3n) is 3.20. The summed E-state index contributed by atoms with van der Waals surface area (Å²) in [5, 5.41) is 0. The molecule has 0 amide bonds. The summed E-state index contributed by atoms with van der Waals surface area (Å²) in [5.74, 6) is -0.304. The first-order valence-electron chi connectivity index (χ1n) is 7.03. The minimum absolute atomic E-state index is 0.0996. The van der Waals surface area contributed by atoms with Crippen LogP contribution >= 0.6 is 0 Å². The summed E-state index contributed by atoms with van der Waals surface area (Å²) in [6, 6.07) is 12.5. The van der Waals surface area contributed by atoms with Crippen molar-refractivity contribution < 1.29 is 22.1 Å². The van der Waals surface area contributed by atoms with Gasteiger partial charge in [0.25, 0.3) is 0 Å². The van der Waals surface area contributed by atoms with Gasteiger partial charge in [-0.1, -0.05) is 23.8 Å². The average Bonchev–Trinajstić information content (AvgIpc) is 2.54. The Hall–Kier alpha value is -2.15. The highest BCUT2D eigenvalue weighted by molar-refractivity contribution is 7.85. The first kappa shape index (κ1) is 18.2. The number of hydrogen-bond acceptors (Lipinski definition) is 3. The SMILES string of the molecule is COc1cccc(N=C(CS(=O)c2ccc(C)cc2)C(F)(F)F)c1. The van der Waals surface area contributed by atoms with Crippen LogP contribution in [-0.4, -0.2) is 29.0 Å². The second-order valence-corrected chi connectivity index (χ2v) is 6.51. The van der Waals surface area contributed by atoms with Crippen LogP contribution < -0.4 is 4.74 Å². The highest BCUT2D eigenvalue weighted by atomic mass is 32.2. The molecule has 0 N–H and O–H groups in total. The topological polar surface area (TPSA) is 38.7 Å². The Balaban J connectivity index is 2.30. The first-order valence-corrected chi connectivity index (χ1v) is 8.35. The van der Waals surface area contributed by atoms with E-state index in [4.69, 9.17) is 4.74 Å². The largest absolute Gasteiger partial charge is 0.497 e. The van der Waals surface area contributed by atoms with E-state index in [1.165, 1.54) is 19.2 Å². The quantitative estimate of drug-likeness (QED) is 0.744. The predicted molar refractivity (Wildman–Crippen MR) is 88.6 cm³/mol. The Morgan fingerprint density at radius 2 is 1.83 bits per heavy atom. The molecule has 0 radical (unpaired) electrons. The van der Waals surface area contributed by atoms with E-state index in [1.807, 2.05) is 6.92 Å². The van der Waals surface area contributed by atoms with Crippen molar-refractivity contribution >= 4 is 22.2 Å². The normalized spacial score (nSPS) is 13.6. The molecule has 0 aliphatic rings. The van der Waals surface area contributed by atoms with Gasteiger partial charge in [0, 0.05) is 11.0 Å². The monoisotopic (exact) mass is 355 g/mol. The maximum Gasteiger partial charge on any atom is 0.430 e. The molecule has 1 unspecified atom stereocenters. The summed E-state index contributed by atoms with van der Waals surface area (Å²) in [6.07, 6.45) is -4.66. The lowest BCUT2D eigenvalue weighted by Crippen LogP contribution is -2.28. The molecule has 3 nitrogen and oxygen atoms in total. The highest BCUT2D eigenvalue weighted by Crippen LogP contribution is 2.25. The van der Waals surface area contributed by atoms with Gasteiger partial charge in [0.05, 0.1) is 29.3 Å². The molecule has 0 aromatic heterocycles. The van der Waals surface area contributed by atoms with Gasteiger partial charge in [0.1, 0.15) is 11.5 Å². The van der Waals surface area contributed by atoms with Crippen LogP contribution in [0.25, 0.3) is 0 Å². The van der Waals surface area contributed by atoms with Gasteiger partial charge in [-0.25, -0.2) is 4.99 Å². The second kappa shape index (κ2) is 7.61. The summed E-state index contributed by atoms with van der Waals surface area (Å²) in [4.78, 5) is 3.98. The van der Waals surface area contributed by atoms with E-state index in [2.05, 4.69) is 4.99 Å². The van der Waals surface area contributed by atoms with Crippen LogP contribution in [0.1, 0.15) is 5.56 Å². The fourth-order valence-corrected chi connectivity index (χ4v) is 2.99. The lowest BCUT2D eigenvalue weighted by Gasteiger charge is -2.11. The summed E-state index contributed by atoms with van der Waals surface area (Å²) in [5.41, 5.74) is -0.0471. The number of aliphatic imine (C=N–C) groups is 1. The van der Waals surface area contributed by atoms with Crippen LogP contribution in [0, 0.1) is 6.92 Å². The Labute approximate surface area is 140 Å². The first-order chi connectivity index (χ1) is 11.3. The molecule has 2 rings (SSSR count). The maximum atomic E-state index is 13.2. The van der Waals surface area contributed by atoms with Crippen molar-refractivity contribution in [3.8, 4) is 5.75 Å². The van der Waals surface area contributed by atoms with Crippen molar-refractivity contribution in [1.82, 2.24) is 0 Å². The van der Waals surface area contributed by atoms with Crippen molar-refractivity contribution in [3.63, 3.8) is 0 Å². The number of benzene rings is 2. The number of rotatable bonds is 5. The maximum absolute atomic E-state index is 13.2. The Morgan fingerprint density at radius 1 is 1.17 bits per heavy atom. The average molecular weight is 355 g/mol. The van der Waals surface area contributed by atoms with Gasteiger partial charge in [-0.05, 0) is 31.2 Å². The number of ether oxygens (including phenoxy) is 1. The molecular formula is C17H16F3NO2S. The van der Waals surface area contributed by atoms with Gasteiger partial charge in [-0.2, -0.15) is 13.2 Å². The van der Waals surface area contributed by atoms with E-state index < -0.39 is 28.4 Å². The van der Waals surface area contributed by atoms with Gasteiger partial charge in [0.2, 0.25) is 0 Å². The third kappa shape index (κ3) is 4.92.